The number of quaternary nitrogens is 1. The molecule has 6 heteroatoms. The van der Waals surface area contributed by atoms with Crippen LogP contribution in [0.5, 0.6) is 11.5 Å². The highest BCUT2D eigenvalue weighted by atomic mass is 19.1. The van der Waals surface area contributed by atoms with Crippen LogP contribution in [-0.4, -0.2) is 51.7 Å². The molecule has 0 saturated carbocycles. The third-order valence-electron chi connectivity index (χ3n) is 5.97. The first kappa shape index (κ1) is 22.1. The maximum Gasteiger partial charge on any atom is 0.225 e. The predicted octanol–water partition coefficient (Wildman–Crippen LogP) is 2.34. The molecule has 1 amide bonds. The van der Waals surface area contributed by atoms with Crippen molar-refractivity contribution in [3.8, 4) is 11.5 Å². The van der Waals surface area contributed by atoms with Crippen LogP contribution in [0.4, 0.5) is 4.39 Å². The van der Waals surface area contributed by atoms with Crippen molar-refractivity contribution in [1.82, 2.24) is 4.90 Å². The molecule has 162 valence electrons. The van der Waals surface area contributed by atoms with Crippen LogP contribution in [0.1, 0.15) is 24.0 Å². The van der Waals surface area contributed by atoms with Gasteiger partial charge in [-0.3, -0.25) is 4.79 Å². The van der Waals surface area contributed by atoms with E-state index in [0.717, 1.165) is 50.0 Å². The molecule has 0 spiro atoms. The van der Waals surface area contributed by atoms with Crippen LogP contribution in [0.15, 0.2) is 42.5 Å². The molecular weight excluding hydrogens is 383 g/mol. The molecule has 0 aromatic heterocycles. The first-order chi connectivity index (χ1) is 14.5. The quantitative estimate of drug-likeness (QED) is 0.720. The fraction of sp³-hybridized carbons (Fsp3) is 0.458. The topological polar surface area (TPSA) is 43.2 Å². The molecule has 2 aromatic carbocycles. The van der Waals surface area contributed by atoms with Crippen LogP contribution in [0.3, 0.4) is 0 Å². The Morgan fingerprint density at radius 2 is 1.67 bits per heavy atom. The Morgan fingerprint density at radius 3 is 2.30 bits per heavy atom. The number of halogens is 1. The van der Waals surface area contributed by atoms with Gasteiger partial charge in [-0.25, -0.2) is 4.39 Å². The van der Waals surface area contributed by atoms with Crippen molar-refractivity contribution in [2.45, 2.75) is 25.8 Å². The average Bonchev–Trinajstić information content (AvgIpc) is 2.78. The van der Waals surface area contributed by atoms with Crippen LogP contribution in [0.2, 0.25) is 0 Å². The van der Waals surface area contributed by atoms with E-state index in [0.29, 0.717) is 18.0 Å². The summed E-state index contributed by atoms with van der Waals surface area (Å²) in [6.45, 7) is 3.50. The lowest BCUT2D eigenvalue weighted by Gasteiger charge is -2.31. The number of benzene rings is 2. The van der Waals surface area contributed by atoms with E-state index in [1.807, 2.05) is 42.3 Å². The number of ether oxygens (including phenoxy) is 2. The molecule has 1 fully saturated rings. The first-order valence-corrected chi connectivity index (χ1v) is 10.5. The van der Waals surface area contributed by atoms with Crippen molar-refractivity contribution >= 4 is 5.91 Å². The third-order valence-corrected chi connectivity index (χ3v) is 5.97. The van der Waals surface area contributed by atoms with E-state index in [1.54, 1.807) is 14.2 Å². The molecule has 0 bridgehead atoms. The zero-order valence-corrected chi connectivity index (χ0v) is 18.1. The number of likely N-dealkylation sites (N-methyl/N-ethyl adjacent to an activating group) is 1. The zero-order valence-electron chi connectivity index (χ0n) is 18.1. The largest absolute Gasteiger partial charge is 0.493 e. The van der Waals surface area contributed by atoms with E-state index in [1.165, 1.54) is 17.0 Å². The Morgan fingerprint density at radius 1 is 1.03 bits per heavy atom. The number of nitrogens with zero attached hydrogens (tertiary/aromatic N) is 1. The molecule has 30 heavy (non-hydrogen) atoms. The van der Waals surface area contributed by atoms with Gasteiger partial charge in [0, 0.05) is 37.9 Å². The van der Waals surface area contributed by atoms with E-state index in [4.69, 9.17) is 9.47 Å². The number of methoxy groups -OCH3 is 2. The molecule has 1 aliphatic rings. The number of likely N-dealkylation sites (tertiary alicyclic amines) is 1. The maximum absolute atomic E-state index is 13.1. The molecule has 5 nitrogen and oxygen atoms in total. The monoisotopic (exact) mass is 415 g/mol. The fourth-order valence-corrected chi connectivity index (χ4v) is 4.10. The molecule has 0 radical (unpaired) electrons. The summed E-state index contributed by atoms with van der Waals surface area (Å²) < 4.78 is 23.7. The number of carbonyl (C=O) groups excluding carboxylic acids is 1. The number of piperidine rings is 1. The molecule has 0 unspecified atom stereocenters. The van der Waals surface area contributed by atoms with Crippen LogP contribution in [-0.2, 0) is 17.8 Å². The van der Waals surface area contributed by atoms with Crippen LogP contribution in [0, 0.1) is 11.7 Å². The van der Waals surface area contributed by atoms with Crippen molar-refractivity contribution < 1.29 is 23.6 Å². The lowest BCUT2D eigenvalue weighted by Crippen LogP contribution is -3.11. The summed E-state index contributed by atoms with van der Waals surface area (Å²) in [5, 5.41) is 0. The van der Waals surface area contributed by atoms with Crippen molar-refractivity contribution in [3.05, 3.63) is 59.4 Å². The highest BCUT2D eigenvalue weighted by Crippen LogP contribution is 2.27. The second-order valence-electron chi connectivity index (χ2n) is 8.03. The van der Waals surface area contributed by atoms with E-state index >= 15 is 0 Å². The molecule has 2 aromatic rings. The van der Waals surface area contributed by atoms with Gasteiger partial charge in [0.05, 0.1) is 27.3 Å². The Hall–Kier alpha value is -2.60. The minimum atomic E-state index is -0.200. The number of rotatable bonds is 8. The summed E-state index contributed by atoms with van der Waals surface area (Å²) in [7, 11) is 5.14. The molecular formula is C24H32FN2O3+. The lowest BCUT2D eigenvalue weighted by molar-refractivity contribution is -0.919. The SMILES string of the molecule is COc1ccc(CCN(C)C(=O)C2CC[NH+](Cc3ccc(F)cc3)CC2)cc1OC. The number of carbonyl (C=O) groups is 1. The Bertz CT molecular complexity index is 833. The Labute approximate surface area is 178 Å². The molecule has 0 aliphatic carbocycles. The minimum Gasteiger partial charge on any atom is -0.493 e. The number of amides is 1. The van der Waals surface area contributed by atoms with Crippen molar-refractivity contribution in [2.24, 2.45) is 5.92 Å². The van der Waals surface area contributed by atoms with Gasteiger partial charge in [-0.15, -0.1) is 0 Å². The van der Waals surface area contributed by atoms with Gasteiger partial charge >= 0.3 is 0 Å². The highest BCUT2D eigenvalue weighted by molar-refractivity contribution is 5.78. The number of hydrogen-bond acceptors (Lipinski definition) is 3. The summed E-state index contributed by atoms with van der Waals surface area (Å²) in [6.07, 6.45) is 2.57. The lowest BCUT2D eigenvalue weighted by atomic mass is 9.95. The van der Waals surface area contributed by atoms with E-state index < -0.39 is 0 Å². The van der Waals surface area contributed by atoms with Crippen molar-refractivity contribution in [2.75, 3.05) is 40.9 Å². The molecule has 1 heterocycles. The van der Waals surface area contributed by atoms with E-state index in [9.17, 15) is 9.18 Å². The molecule has 3 rings (SSSR count). The smallest absolute Gasteiger partial charge is 0.225 e. The number of hydrogen-bond donors (Lipinski definition) is 1. The zero-order chi connectivity index (χ0) is 21.5. The van der Waals surface area contributed by atoms with Crippen LogP contribution in [0.25, 0.3) is 0 Å². The van der Waals surface area contributed by atoms with Gasteiger partial charge in [0.25, 0.3) is 0 Å². The maximum atomic E-state index is 13.1. The third kappa shape index (κ3) is 5.72. The summed E-state index contributed by atoms with van der Waals surface area (Å²) >= 11 is 0. The number of nitrogens with one attached hydrogen (secondary N) is 1. The average molecular weight is 416 g/mol. The molecule has 0 atom stereocenters. The second kappa shape index (κ2) is 10.4. The van der Waals surface area contributed by atoms with Gasteiger partial charge in [-0.05, 0) is 36.2 Å². The summed E-state index contributed by atoms with van der Waals surface area (Å²) in [5.41, 5.74) is 2.26. The van der Waals surface area contributed by atoms with Gasteiger partial charge in [-0.1, -0.05) is 18.2 Å². The highest BCUT2D eigenvalue weighted by Gasteiger charge is 2.29. The van der Waals surface area contributed by atoms with Gasteiger partial charge in [-0.2, -0.15) is 0 Å². The molecule has 1 aliphatic heterocycles. The first-order valence-electron chi connectivity index (χ1n) is 10.5. The summed E-state index contributed by atoms with van der Waals surface area (Å²) in [6, 6.07) is 12.6. The van der Waals surface area contributed by atoms with E-state index in [2.05, 4.69) is 0 Å². The van der Waals surface area contributed by atoms with Crippen molar-refractivity contribution in [1.29, 1.82) is 0 Å². The molecule has 1 saturated heterocycles. The van der Waals surface area contributed by atoms with E-state index in [-0.39, 0.29) is 17.6 Å². The normalized spacial score (nSPS) is 18.7. The standard InChI is InChI=1S/C24H31FN2O3/c1-26(13-10-18-6-9-22(29-2)23(16-18)30-3)24(28)20-11-14-27(15-12-20)17-19-4-7-21(25)8-5-19/h4-9,16,20H,10-15,17H2,1-3H3/p+1. The second-order valence-corrected chi connectivity index (χ2v) is 8.03. The van der Waals surface area contributed by atoms with Crippen LogP contribution >= 0.6 is 0 Å². The predicted molar refractivity (Wildman–Crippen MR) is 114 cm³/mol. The summed E-state index contributed by atoms with van der Waals surface area (Å²) in [4.78, 5) is 16.2. The van der Waals surface area contributed by atoms with Gasteiger partial charge < -0.3 is 19.3 Å². The summed E-state index contributed by atoms with van der Waals surface area (Å²) in [5.74, 6) is 1.55. The van der Waals surface area contributed by atoms with Gasteiger partial charge in [0.2, 0.25) is 5.91 Å². The Balaban J connectivity index is 1.45. The molecule has 1 N–H and O–H groups in total. The Kier molecular flexibility index (Phi) is 7.69. The van der Waals surface area contributed by atoms with Crippen LogP contribution < -0.4 is 14.4 Å². The van der Waals surface area contributed by atoms with Gasteiger partial charge in [0.1, 0.15) is 12.4 Å². The fourth-order valence-electron chi connectivity index (χ4n) is 4.10. The minimum absolute atomic E-state index is 0.0948. The van der Waals surface area contributed by atoms with Gasteiger partial charge in [0.15, 0.2) is 11.5 Å². The van der Waals surface area contributed by atoms with Crippen molar-refractivity contribution in [3.63, 3.8) is 0 Å².